The van der Waals surface area contributed by atoms with Crippen LogP contribution in [0.25, 0.3) is 22.2 Å². The van der Waals surface area contributed by atoms with Gasteiger partial charge in [0.05, 0.1) is 17.8 Å². The Kier molecular flexibility index (Phi) is 5.05. The number of aryl methyl sites for hydroxylation is 2. The van der Waals surface area contributed by atoms with Gasteiger partial charge in [0.1, 0.15) is 23.1 Å². The summed E-state index contributed by atoms with van der Waals surface area (Å²) in [5.74, 6) is 1.34. The predicted molar refractivity (Wildman–Crippen MR) is 117 cm³/mol. The summed E-state index contributed by atoms with van der Waals surface area (Å²) >= 11 is 0. The number of rotatable bonds is 5. The molecular formula is C23H25FN6O. The summed E-state index contributed by atoms with van der Waals surface area (Å²) in [6, 6.07) is 8.65. The minimum absolute atomic E-state index is 0.165. The van der Waals surface area contributed by atoms with E-state index >= 15 is 0 Å². The fourth-order valence-corrected chi connectivity index (χ4v) is 4.23. The number of anilines is 1. The molecule has 1 fully saturated rings. The van der Waals surface area contributed by atoms with Crippen molar-refractivity contribution in [3.8, 4) is 17.0 Å². The Bertz CT molecular complexity index is 1190. The van der Waals surface area contributed by atoms with Crippen LogP contribution in [-0.2, 0) is 14.1 Å². The van der Waals surface area contributed by atoms with E-state index in [0.29, 0.717) is 6.04 Å². The number of ether oxygens (including phenoxy) is 1. The van der Waals surface area contributed by atoms with E-state index in [1.54, 1.807) is 16.8 Å². The van der Waals surface area contributed by atoms with Gasteiger partial charge in [-0.2, -0.15) is 10.2 Å². The van der Waals surface area contributed by atoms with Gasteiger partial charge in [-0.3, -0.25) is 9.36 Å². The molecule has 0 bridgehead atoms. The number of halogens is 1. The van der Waals surface area contributed by atoms with E-state index in [9.17, 15) is 4.39 Å². The number of nitrogens with zero attached hydrogens (tertiary/aromatic N) is 5. The number of hydrogen-bond donors (Lipinski definition) is 1. The first-order chi connectivity index (χ1) is 15.0. The van der Waals surface area contributed by atoms with Crippen molar-refractivity contribution in [1.29, 1.82) is 0 Å². The highest BCUT2D eigenvalue weighted by atomic mass is 19.1. The maximum Gasteiger partial charge on any atom is 0.128 e. The minimum Gasteiger partial charge on any atom is -0.490 e. The molecule has 1 N–H and O–H groups in total. The molecule has 1 aromatic carbocycles. The second kappa shape index (κ2) is 8.02. The SMILES string of the molecule is Cn1cc(-c2nn(C)c3cc(NC4CCC(Oc5ccc(F)cc5)CC4)ncc23)cn1. The van der Waals surface area contributed by atoms with Crippen LogP contribution in [0, 0.1) is 5.82 Å². The molecule has 4 aromatic rings. The van der Waals surface area contributed by atoms with E-state index < -0.39 is 0 Å². The zero-order valence-corrected chi connectivity index (χ0v) is 17.6. The van der Waals surface area contributed by atoms with Crippen LogP contribution in [0.3, 0.4) is 0 Å². The van der Waals surface area contributed by atoms with Crippen LogP contribution < -0.4 is 10.1 Å². The van der Waals surface area contributed by atoms with Crippen LogP contribution in [0.15, 0.2) is 48.9 Å². The van der Waals surface area contributed by atoms with E-state index in [2.05, 4.69) is 26.6 Å². The molecule has 1 aliphatic rings. The van der Waals surface area contributed by atoms with Crippen LogP contribution in [0.2, 0.25) is 0 Å². The van der Waals surface area contributed by atoms with Gasteiger partial charge >= 0.3 is 0 Å². The maximum absolute atomic E-state index is 13.1. The molecule has 31 heavy (non-hydrogen) atoms. The molecule has 0 aliphatic heterocycles. The molecule has 0 saturated heterocycles. The molecule has 1 saturated carbocycles. The van der Waals surface area contributed by atoms with E-state index in [1.165, 1.54) is 12.1 Å². The van der Waals surface area contributed by atoms with Crippen LogP contribution in [0.1, 0.15) is 25.7 Å². The topological polar surface area (TPSA) is 69.8 Å². The van der Waals surface area contributed by atoms with E-state index in [-0.39, 0.29) is 11.9 Å². The van der Waals surface area contributed by atoms with Crippen molar-refractivity contribution in [3.63, 3.8) is 0 Å². The normalized spacial score (nSPS) is 18.9. The van der Waals surface area contributed by atoms with E-state index in [0.717, 1.165) is 59.4 Å². The zero-order chi connectivity index (χ0) is 21.4. The number of benzene rings is 1. The van der Waals surface area contributed by atoms with Crippen LogP contribution in [-0.4, -0.2) is 36.7 Å². The quantitative estimate of drug-likeness (QED) is 0.521. The summed E-state index contributed by atoms with van der Waals surface area (Å²) in [5.41, 5.74) is 2.91. The van der Waals surface area contributed by atoms with Crippen molar-refractivity contribution in [3.05, 3.63) is 54.7 Å². The monoisotopic (exact) mass is 420 g/mol. The minimum atomic E-state index is -0.245. The smallest absolute Gasteiger partial charge is 0.128 e. The van der Waals surface area contributed by atoms with Gasteiger partial charge < -0.3 is 10.1 Å². The lowest BCUT2D eigenvalue weighted by Gasteiger charge is -2.29. The van der Waals surface area contributed by atoms with Gasteiger partial charge in [0.15, 0.2) is 0 Å². The second-order valence-corrected chi connectivity index (χ2v) is 8.15. The van der Waals surface area contributed by atoms with Gasteiger partial charge in [-0.15, -0.1) is 0 Å². The highest BCUT2D eigenvalue weighted by molar-refractivity contribution is 5.93. The maximum atomic E-state index is 13.1. The largest absolute Gasteiger partial charge is 0.490 e. The molecule has 8 heteroatoms. The van der Waals surface area contributed by atoms with Gasteiger partial charge in [0.2, 0.25) is 0 Å². The Balaban J connectivity index is 1.24. The van der Waals surface area contributed by atoms with Crippen molar-refractivity contribution in [2.24, 2.45) is 14.1 Å². The lowest BCUT2D eigenvalue weighted by Crippen LogP contribution is -2.31. The first kappa shape index (κ1) is 19.5. The van der Waals surface area contributed by atoms with Crippen molar-refractivity contribution in [2.45, 2.75) is 37.8 Å². The van der Waals surface area contributed by atoms with Gasteiger partial charge in [-0.05, 0) is 49.9 Å². The third kappa shape index (κ3) is 4.10. The molecule has 0 spiro atoms. The van der Waals surface area contributed by atoms with Crippen molar-refractivity contribution in [2.75, 3.05) is 5.32 Å². The number of hydrogen-bond acceptors (Lipinski definition) is 5. The number of pyridine rings is 1. The van der Waals surface area contributed by atoms with Crippen LogP contribution in [0.5, 0.6) is 5.75 Å². The molecule has 7 nitrogen and oxygen atoms in total. The standard InChI is InChI=1S/C23H25FN6O/c1-29-14-15(12-26-29)23-20-13-25-22(11-21(20)30(2)28-23)27-17-5-9-19(10-6-17)31-18-7-3-16(24)4-8-18/h3-4,7-8,11-14,17,19H,5-6,9-10H2,1-2H3,(H,25,27). The summed E-state index contributed by atoms with van der Waals surface area (Å²) in [5, 5.41) is 13.5. The summed E-state index contributed by atoms with van der Waals surface area (Å²) < 4.78 is 22.7. The predicted octanol–water partition coefficient (Wildman–Crippen LogP) is 4.31. The Morgan fingerprint density at radius 1 is 1.06 bits per heavy atom. The Morgan fingerprint density at radius 3 is 2.55 bits per heavy atom. The van der Waals surface area contributed by atoms with Crippen molar-refractivity contribution < 1.29 is 9.13 Å². The molecule has 3 heterocycles. The molecular weight excluding hydrogens is 395 g/mol. The average Bonchev–Trinajstić information content (AvgIpc) is 3.34. The Labute approximate surface area is 179 Å². The lowest BCUT2D eigenvalue weighted by atomic mass is 9.93. The number of aromatic nitrogens is 5. The average molecular weight is 420 g/mol. The highest BCUT2D eigenvalue weighted by Crippen LogP contribution is 2.30. The van der Waals surface area contributed by atoms with Gasteiger partial charge in [0.25, 0.3) is 0 Å². The molecule has 0 atom stereocenters. The molecule has 0 radical (unpaired) electrons. The molecule has 1 aliphatic carbocycles. The fourth-order valence-electron chi connectivity index (χ4n) is 4.23. The molecule has 0 unspecified atom stereocenters. The second-order valence-electron chi connectivity index (χ2n) is 8.15. The summed E-state index contributed by atoms with van der Waals surface area (Å²) in [4.78, 5) is 4.64. The number of nitrogens with one attached hydrogen (secondary N) is 1. The first-order valence-corrected chi connectivity index (χ1v) is 10.6. The molecule has 0 amide bonds. The Morgan fingerprint density at radius 2 is 1.84 bits per heavy atom. The molecule has 160 valence electrons. The third-order valence-electron chi connectivity index (χ3n) is 5.86. The van der Waals surface area contributed by atoms with E-state index in [4.69, 9.17) is 4.74 Å². The molecule has 3 aromatic heterocycles. The van der Waals surface area contributed by atoms with Gasteiger partial charge in [-0.25, -0.2) is 9.37 Å². The summed E-state index contributed by atoms with van der Waals surface area (Å²) in [6.07, 6.45) is 9.73. The third-order valence-corrected chi connectivity index (χ3v) is 5.86. The lowest BCUT2D eigenvalue weighted by molar-refractivity contribution is 0.150. The first-order valence-electron chi connectivity index (χ1n) is 10.6. The van der Waals surface area contributed by atoms with Crippen LogP contribution in [0.4, 0.5) is 10.2 Å². The summed E-state index contributed by atoms with van der Waals surface area (Å²) in [6.45, 7) is 0. The van der Waals surface area contributed by atoms with Crippen molar-refractivity contribution >= 4 is 16.7 Å². The van der Waals surface area contributed by atoms with Gasteiger partial charge in [0, 0.05) is 49.5 Å². The zero-order valence-electron chi connectivity index (χ0n) is 17.6. The summed E-state index contributed by atoms with van der Waals surface area (Å²) in [7, 11) is 3.85. The fraction of sp³-hybridized carbons (Fsp3) is 0.348. The highest BCUT2D eigenvalue weighted by Gasteiger charge is 2.23. The number of fused-ring (bicyclic) bond motifs is 1. The van der Waals surface area contributed by atoms with Gasteiger partial charge in [-0.1, -0.05) is 0 Å². The van der Waals surface area contributed by atoms with Crippen LogP contribution >= 0.6 is 0 Å². The van der Waals surface area contributed by atoms with Crippen molar-refractivity contribution in [1.82, 2.24) is 24.5 Å². The van der Waals surface area contributed by atoms with E-state index in [1.807, 2.05) is 37.4 Å². The Hall–Kier alpha value is -3.42. The molecule has 5 rings (SSSR count).